The Morgan fingerprint density at radius 1 is 1.07 bits per heavy atom. The van der Waals surface area contributed by atoms with Crippen LogP contribution in [0, 0.1) is 5.82 Å². The lowest BCUT2D eigenvalue weighted by atomic mass is 9.97. The van der Waals surface area contributed by atoms with Gasteiger partial charge in [-0.25, -0.2) is 4.39 Å². The molecular formula is C25H26FNO3. The molecule has 156 valence electrons. The van der Waals surface area contributed by atoms with Crippen LogP contribution in [0.4, 0.5) is 4.39 Å². The molecule has 0 fully saturated rings. The van der Waals surface area contributed by atoms with Gasteiger partial charge in [0.2, 0.25) is 0 Å². The number of aliphatic carboxylic acids is 1. The molecule has 30 heavy (non-hydrogen) atoms. The lowest BCUT2D eigenvalue weighted by Gasteiger charge is -2.14. The van der Waals surface area contributed by atoms with Crippen LogP contribution in [0.1, 0.15) is 42.5 Å². The third kappa shape index (κ3) is 5.45. The number of nitrogens with two attached hydrogens (primary N) is 1. The molecular weight excluding hydrogens is 381 g/mol. The van der Waals surface area contributed by atoms with Crippen molar-refractivity contribution < 1.29 is 19.0 Å². The molecule has 0 aliphatic rings. The van der Waals surface area contributed by atoms with E-state index in [0.29, 0.717) is 5.56 Å². The Morgan fingerprint density at radius 3 is 2.50 bits per heavy atom. The topological polar surface area (TPSA) is 72.5 Å². The number of carboxylic acids is 1. The summed E-state index contributed by atoms with van der Waals surface area (Å²) in [4.78, 5) is 11.0. The number of para-hydroxylation sites is 1. The van der Waals surface area contributed by atoms with E-state index in [1.807, 2.05) is 42.5 Å². The van der Waals surface area contributed by atoms with Crippen molar-refractivity contribution >= 4 is 5.97 Å². The fourth-order valence-electron chi connectivity index (χ4n) is 3.44. The summed E-state index contributed by atoms with van der Waals surface area (Å²) in [7, 11) is 0. The molecule has 0 aromatic heterocycles. The number of rotatable bonds is 9. The van der Waals surface area contributed by atoms with E-state index in [0.717, 1.165) is 35.1 Å². The highest BCUT2D eigenvalue weighted by Crippen LogP contribution is 2.27. The SMILES string of the molecule is CCCC(N)c1cccc(-c2cccc(COc3c(F)cccc3CC(=O)O)c2)c1. The summed E-state index contributed by atoms with van der Waals surface area (Å²) in [6.45, 7) is 2.25. The van der Waals surface area contributed by atoms with Gasteiger partial charge in [0.1, 0.15) is 6.61 Å². The third-order valence-corrected chi connectivity index (χ3v) is 4.95. The largest absolute Gasteiger partial charge is 0.486 e. The van der Waals surface area contributed by atoms with Gasteiger partial charge in [-0.15, -0.1) is 0 Å². The smallest absolute Gasteiger partial charge is 0.307 e. The fraction of sp³-hybridized carbons (Fsp3) is 0.240. The highest BCUT2D eigenvalue weighted by Gasteiger charge is 2.13. The summed E-state index contributed by atoms with van der Waals surface area (Å²) < 4.78 is 19.9. The average Bonchev–Trinajstić information content (AvgIpc) is 2.73. The predicted octanol–water partition coefficient (Wildman–Crippen LogP) is 5.50. The molecule has 0 heterocycles. The van der Waals surface area contributed by atoms with E-state index in [9.17, 15) is 9.18 Å². The summed E-state index contributed by atoms with van der Waals surface area (Å²) in [6.07, 6.45) is 1.66. The summed E-state index contributed by atoms with van der Waals surface area (Å²) in [6, 6.07) is 20.3. The second-order valence-electron chi connectivity index (χ2n) is 7.31. The molecule has 0 radical (unpaired) electrons. The monoisotopic (exact) mass is 407 g/mol. The van der Waals surface area contributed by atoms with E-state index in [-0.39, 0.29) is 24.8 Å². The molecule has 3 rings (SSSR count). The third-order valence-electron chi connectivity index (χ3n) is 4.95. The van der Waals surface area contributed by atoms with Crippen LogP contribution in [0.15, 0.2) is 66.7 Å². The molecule has 0 aliphatic heterocycles. The van der Waals surface area contributed by atoms with Gasteiger partial charge >= 0.3 is 5.97 Å². The zero-order chi connectivity index (χ0) is 21.5. The minimum atomic E-state index is -1.03. The van der Waals surface area contributed by atoms with E-state index in [2.05, 4.69) is 13.0 Å². The summed E-state index contributed by atoms with van der Waals surface area (Å²) >= 11 is 0. The van der Waals surface area contributed by atoms with Gasteiger partial charge in [0.25, 0.3) is 0 Å². The maximum absolute atomic E-state index is 14.2. The van der Waals surface area contributed by atoms with Crippen LogP contribution in [0.2, 0.25) is 0 Å². The predicted molar refractivity (Wildman–Crippen MR) is 116 cm³/mol. The first kappa shape index (κ1) is 21.5. The van der Waals surface area contributed by atoms with Crippen molar-refractivity contribution in [1.82, 2.24) is 0 Å². The standard InChI is InChI=1S/C25H26FNO3/c1-2-6-23(27)20-10-4-9-19(14-20)18-8-3-7-17(13-18)16-30-25-21(15-24(28)29)11-5-12-22(25)26/h3-5,7-14,23H,2,6,15-16,27H2,1H3,(H,28,29). The first-order valence-electron chi connectivity index (χ1n) is 10.0. The van der Waals surface area contributed by atoms with Gasteiger partial charge in [0.05, 0.1) is 6.42 Å². The number of carboxylic acid groups (broad SMARTS) is 1. The van der Waals surface area contributed by atoms with Gasteiger partial charge in [0, 0.05) is 11.6 Å². The van der Waals surface area contributed by atoms with Gasteiger partial charge in [-0.3, -0.25) is 4.79 Å². The molecule has 1 unspecified atom stereocenters. The Hall–Kier alpha value is -3.18. The molecule has 1 atom stereocenters. The molecule has 0 saturated carbocycles. The van der Waals surface area contributed by atoms with Crippen molar-refractivity contribution in [3.63, 3.8) is 0 Å². The number of halogens is 1. The number of carbonyl (C=O) groups is 1. The van der Waals surface area contributed by atoms with Gasteiger partial charge in [-0.05, 0) is 46.9 Å². The van der Waals surface area contributed by atoms with Crippen molar-refractivity contribution in [2.45, 2.75) is 38.8 Å². The van der Waals surface area contributed by atoms with Gasteiger partial charge < -0.3 is 15.6 Å². The maximum Gasteiger partial charge on any atom is 0.307 e. The molecule has 0 spiro atoms. The van der Waals surface area contributed by atoms with Gasteiger partial charge in [-0.1, -0.05) is 61.9 Å². The molecule has 0 amide bonds. The van der Waals surface area contributed by atoms with Crippen LogP contribution in [0.25, 0.3) is 11.1 Å². The number of benzene rings is 3. The van der Waals surface area contributed by atoms with E-state index in [1.54, 1.807) is 6.07 Å². The minimum absolute atomic E-state index is 0.00942. The molecule has 3 N–H and O–H groups in total. The normalized spacial score (nSPS) is 11.8. The van der Waals surface area contributed by atoms with Crippen LogP contribution in [0.5, 0.6) is 5.75 Å². The highest BCUT2D eigenvalue weighted by molar-refractivity contribution is 5.71. The van der Waals surface area contributed by atoms with E-state index < -0.39 is 11.8 Å². The van der Waals surface area contributed by atoms with E-state index in [1.165, 1.54) is 12.1 Å². The van der Waals surface area contributed by atoms with Crippen molar-refractivity contribution in [3.8, 4) is 16.9 Å². The molecule has 0 aliphatic carbocycles. The Bertz CT molecular complexity index is 1020. The average molecular weight is 407 g/mol. The number of hydrogen-bond donors (Lipinski definition) is 2. The molecule has 5 heteroatoms. The zero-order valence-electron chi connectivity index (χ0n) is 17.0. The summed E-state index contributed by atoms with van der Waals surface area (Å²) in [5.41, 5.74) is 10.6. The zero-order valence-corrected chi connectivity index (χ0v) is 17.0. The van der Waals surface area contributed by atoms with Crippen molar-refractivity contribution in [2.24, 2.45) is 5.73 Å². The first-order chi connectivity index (χ1) is 14.5. The van der Waals surface area contributed by atoms with Crippen LogP contribution in [-0.2, 0) is 17.8 Å². The maximum atomic E-state index is 14.2. The van der Waals surface area contributed by atoms with Crippen LogP contribution in [-0.4, -0.2) is 11.1 Å². The van der Waals surface area contributed by atoms with Crippen molar-refractivity contribution in [2.75, 3.05) is 0 Å². The Kier molecular flexibility index (Phi) is 7.20. The summed E-state index contributed by atoms with van der Waals surface area (Å²) in [5, 5.41) is 9.04. The van der Waals surface area contributed by atoms with Gasteiger partial charge in [0.15, 0.2) is 11.6 Å². The first-order valence-corrected chi connectivity index (χ1v) is 10.0. The fourth-order valence-corrected chi connectivity index (χ4v) is 3.44. The van der Waals surface area contributed by atoms with Gasteiger partial charge in [-0.2, -0.15) is 0 Å². The quantitative estimate of drug-likeness (QED) is 0.491. The van der Waals surface area contributed by atoms with E-state index >= 15 is 0 Å². The van der Waals surface area contributed by atoms with Crippen LogP contribution >= 0.6 is 0 Å². The second kappa shape index (κ2) is 10.0. The number of ether oxygens (including phenoxy) is 1. The Morgan fingerprint density at radius 2 is 1.77 bits per heavy atom. The minimum Gasteiger partial charge on any atom is -0.486 e. The second-order valence-corrected chi connectivity index (χ2v) is 7.31. The molecule has 0 saturated heterocycles. The molecule has 3 aromatic carbocycles. The molecule has 0 bridgehead atoms. The molecule has 3 aromatic rings. The van der Waals surface area contributed by atoms with Crippen LogP contribution < -0.4 is 10.5 Å². The Labute approximate surface area is 176 Å². The lowest BCUT2D eigenvalue weighted by molar-refractivity contribution is -0.136. The van der Waals surface area contributed by atoms with E-state index in [4.69, 9.17) is 15.6 Å². The number of hydrogen-bond acceptors (Lipinski definition) is 3. The molecule has 4 nitrogen and oxygen atoms in total. The van der Waals surface area contributed by atoms with Crippen molar-refractivity contribution in [3.05, 3.63) is 89.2 Å². The van der Waals surface area contributed by atoms with Crippen LogP contribution in [0.3, 0.4) is 0 Å². The van der Waals surface area contributed by atoms with Crippen molar-refractivity contribution in [1.29, 1.82) is 0 Å². The lowest BCUT2D eigenvalue weighted by Crippen LogP contribution is -2.09. The summed E-state index contributed by atoms with van der Waals surface area (Å²) in [5.74, 6) is -1.62. The Balaban J connectivity index is 1.79. The highest BCUT2D eigenvalue weighted by atomic mass is 19.1.